The van der Waals surface area contributed by atoms with Gasteiger partial charge in [0.05, 0.1) is 9.82 Å². The van der Waals surface area contributed by atoms with Gasteiger partial charge < -0.3 is 10.1 Å². The molecule has 8 nitrogen and oxygen atoms in total. The summed E-state index contributed by atoms with van der Waals surface area (Å²) >= 11 is 0. The molecule has 1 N–H and O–H groups in total. The molecule has 0 atom stereocenters. The number of nitrogens with zero attached hydrogens (tertiary/aromatic N) is 1. The van der Waals surface area contributed by atoms with Crippen molar-refractivity contribution in [3.05, 3.63) is 69.8 Å². The predicted molar refractivity (Wildman–Crippen MR) is 107 cm³/mol. The second kappa shape index (κ2) is 8.30. The van der Waals surface area contributed by atoms with Gasteiger partial charge in [-0.05, 0) is 24.5 Å². The van der Waals surface area contributed by atoms with E-state index in [1.165, 1.54) is 0 Å². The van der Waals surface area contributed by atoms with E-state index in [1.807, 2.05) is 30.3 Å². The number of nitro benzene ring substituents is 1. The van der Waals surface area contributed by atoms with E-state index in [9.17, 15) is 23.3 Å². The number of amides is 1. The Morgan fingerprint density at radius 1 is 1.17 bits per heavy atom. The fourth-order valence-corrected chi connectivity index (χ4v) is 4.18. The molecule has 0 spiro atoms. The van der Waals surface area contributed by atoms with Crippen LogP contribution in [0.15, 0.2) is 53.4 Å². The van der Waals surface area contributed by atoms with Crippen LogP contribution < -0.4 is 5.32 Å². The van der Waals surface area contributed by atoms with Crippen LogP contribution in [-0.2, 0) is 20.0 Å². The van der Waals surface area contributed by atoms with Gasteiger partial charge in [0, 0.05) is 49.1 Å². The summed E-state index contributed by atoms with van der Waals surface area (Å²) in [5.74, 6) is -0.555. The Hall–Kier alpha value is -2.78. The molecule has 0 aromatic heterocycles. The monoisotopic (exact) mass is 418 g/mol. The lowest BCUT2D eigenvalue weighted by molar-refractivity contribution is -0.385. The first-order valence-corrected chi connectivity index (χ1v) is 11.0. The summed E-state index contributed by atoms with van der Waals surface area (Å²) in [5, 5.41) is 14.0. The van der Waals surface area contributed by atoms with Crippen molar-refractivity contribution in [3.8, 4) is 0 Å². The first-order valence-electron chi connectivity index (χ1n) is 9.12. The summed E-state index contributed by atoms with van der Waals surface area (Å²) in [6.07, 6.45) is 2.39. The average Bonchev–Trinajstić information content (AvgIpc) is 2.72. The summed E-state index contributed by atoms with van der Waals surface area (Å²) in [5.41, 5.74) is 0.270. The van der Waals surface area contributed by atoms with Crippen LogP contribution in [0.25, 0.3) is 0 Å². The number of carbonyl (C=O) groups is 1. The lowest BCUT2D eigenvalue weighted by atomic mass is 9.74. The molecular formula is C20H22N2O6S. The fourth-order valence-electron chi connectivity index (χ4n) is 3.51. The van der Waals surface area contributed by atoms with Gasteiger partial charge in [-0.2, -0.15) is 0 Å². The minimum absolute atomic E-state index is 0.0603. The lowest BCUT2D eigenvalue weighted by Crippen LogP contribution is -2.44. The van der Waals surface area contributed by atoms with Crippen molar-refractivity contribution >= 4 is 21.4 Å². The van der Waals surface area contributed by atoms with Crippen LogP contribution in [0.3, 0.4) is 0 Å². The molecule has 2 aromatic carbocycles. The quantitative estimate of drug-likeness (QED) is 0.569. The minimum Gasteiger partial charge on any atom is -0.381 e. The predicted octanol–water partition coefficient (Wildman–Crippen LogP) is 2.48. The van der Waals surface area contributed by atoms with E-state index < -0.39 is 26.4 Å². The van der Waals surface area contributed by atoms with E-state index in [1.54, 1.807) is 0 Å². The van der Waals surface area contributed by atoms with Crippen LogP contribution in [0, 0.1) is 10.1 Å². The van der Waals surface area contributed by atoms with Crippen LogP contribution >= 0.6 is 0 Å². The highest BCUT2D eigenvalue weighted by Crippen LogP contribution is 2.34. The molecular weight excluding hydrogens is 396 g/mol. The molecule has 0 radical (unpaired) electrons. The highest BCUT2D eigenvalue weighted by Gasteiger charge is 2.35. The third kappa shape index (κ3) is 4.80. The Labute approximate surface area is 169 Å². The smallest absolute Gasteiger partial charge is 0.271 e. The Morgan fingerprint density at radius 2 is 1.83 bits per heavy atom. The lowest BCUT2D eigenvalue weighted by Gasteiger charge is -2.38. The molecule has 1 amide bonds. The first-order chi connectivity index (χ1) is 13.7. The van der Waals surface area contributed by atoms with Crippen LogP contribution in [0.4, 0.5) is 5.69 Å². The summed E-state index contributed by atoms with van der Waals surface area (Å²) in [6.45, 7) is 1.45. The summed E-state index contributed by atoms with van der Waals surface area (Å²) in [6, 6.07) is 13.0. The van der Waals surface area contributed by atoms with E-state index in [2.05, 4.69) is 5.32 Å². The number of rotatable bonds is 6. The van der Waals surface area contributed by atoms with Gasteiger partial charge in [-0.15, -0.1) is 0 Å². The SMILES string of the molecule is CS(=O)(=O)c1cc(C(=O)NCC2(c3ccccc3)CCOCC2)cc([N+](=O)[O-])c1. The van der Waals surface area contributed by atoms with Gasteiger partial charge in [-0.1, -0.05) is 30.3 Å². The van der Waals surface area contributed by atoms with Crippen molar-refractivity contribution in [1.82, 2.24) is 5.32 Å². The number of nitrogens with one attached hydrogen (secondary N) is 1. The number of benzene rings is 2. The van der Waals surface area contributed by atoms with Crippen LogP contribution in [0.2, 0.25) is 0 Å². The molecule has 0 saturated carbocycles. The van der Waals surface area contributed by atoms with Gasteiger partial charge in [0.15, 0.2) is 9.84 Å². The highest BCUT2D eigenvalue weighted by atomic mass is 32.2. The van der Waals surface area contributed by atoms with Crippen molar-refractivity contribution < 1.29 is 22.9 Å². The van der Waals surface area contributed by atoms with E-state index in [-0.39, 0.29) is 15.9 Å². The highest BCUT2D eigenvalue weighted by molar-refractivity contribution is 7.90. The molecule has 0 aliphatic carbocycles. The zero-order valence-corrected chi connectivity index (χ0v) is 16.8. The van der Waals surface area contributed by atoms with Gasteiger partial charge in [-0.25, -0.2) is 8.42 Å². The Kier molecular flexibility index (Phi) is 5.99. The van der Waals surface area contributed by atoms with E-state index in [0.29, 0.717) is 19.8 Å². The number of carbonyl (C=O) groups excluding carboxylic acids is 1. The minimum atomic E-state index is -3.71. The van der Waals surface area contributed by atoms with Crippen molar-refractivity contribution in [2.24, 2.45) is 0 Å². The second-order valence-electron chi connectivity index (χ2n) is 7.19. The molecule has 9 heteroatoms. The van der Waals surface area contributed by atoms with Gasteiger partial charge >= 0.3 is 0 Å². The number of ether oxygens (including phenoxy) is 1. The third-order valence-electron chi connectivity index (χ3n) is 5.22. The molecule has 29 heavy (non-hydrogen) atoms. The zero-order chi connectivity index (χ0) is 21.1. The first kappa shape index (κ1) is 20.9. The van der Waals surface area contributed by atoms with Gasteiger partial charge in [0.2, 0.25) is 0 Å². The van der Waals surface area contributed by atoms with Gasteiger partial charge in [0.1, 0.15) is 0 Å². The Morgan fingerprint density at radius 3 is 2.41 bits per heavy atom. The van der Waals surface area contributed by atoms with E-state index >= 15 is 0 Å². The maximum atomic E-state index is 12.8. The maximum Gasteiger partial charge on any atom is 0.271 e. The van der Waals surface area contributed by atoms with E-state index in [0.717, 1.165) is 42.9 Å². The Balaban J connectivity index is 1.87. The van der Waals surface area contributed by atoms with Crippen LogP contribution in [0.5, 0.6) is 0 Å². The number of hydrogen-bond acceptors (Lipinski definition) is 6. The number of non-ortho nitro benzene ring substituents is 1. The molecule has 0 bridgehead atoms. The summed E-state index contributed by atoms with van der Waals surface area (Å²) in [4.78, 5) is 22.9. The molecule has 3 rings (SSSR count). The van der Waals surface area contributed by atoms with Crippen LogP contribution in [-0.4, -0.2) is 45.3 Å². The maximum absolute atomic E-state index is 12.8. The van der Waals surface area contributed by atoms with Gasteiger partial charge in [0.25, 0.3) is 11.6 Å². The topological polar surface area (TPSA) is 116 Å². The van der Waals surface area contributed by atoms with E-state index in [4.69, 9.17) is 4.74 Å². The average molecular weight is 418 g/mol. The van der Waals surface area contributed by atoms with Crippen molar-refractivity contribution in [2.45, 2.75) is 23.2 Å². The fraction of sp³-hybridized carbons (Fsp3) is 0.350. The summed E-state index contributed by atoms with van der Waals surface area (Å²) < 4.78 is 29.2. The number of nitro groups is 1. The standard InChI is InChI=1S/C20H22N2O6S/c1-29(26,27)18-12-15(11-17(13-18)22(24)25)19(23)21-14-20(7-9-28-10-8-20)16-5-3-2-4-6-16/h2-6,11-13H,7-10,14H2,1H3,(H,21,23). The number of hydrogen-bond donors (Lipinski definition) is 1. The molecule has 1 saturated heterocycles. The molecule has 2 aromatic rings. The molecule has 1 aliphatic rings. The molecule has 0 unspecified atom stereocenters. The van der Waals surface area contributed by atoms with Gasteiger partial charge in [-0.3, -0.25) is 14.9 Å². The van der Waals surface area contributed by atoms with Crippen molar-refractivity contribution in [2.75, 3.05) is 26.0 Å². The molecule has 154 valence electrons. The second-order valence-corrected chi connectivity index (χ2v) is 9.20. The van der Waals surface area contributed by atoms with Crippen molar-refractivity contribution in [3.63, 3.8) is 0 Å². The molecule has 1 fully saturated rings. The van der Waals surface area contributed by atoms with Crippen LogP contribution in [0.1, 0.15) is 28.8 Å². The molecule has 1 aliphatic heterocycles. The third-order valence-corrected chi connectivity index (χ3v) is 6.31. The zero-order valence-electron chi connectivity index (χ0n) is 16.0. The number of sulfone groups is 1. The normalized spacial score (nSPS) is 16.2. The van der Waals surface area contributed by atoms with Crippen molar-refractivity contribution in [1.29, 1.82) is 0 Å². The summed E-state index contributed by atoms with van der Waals surface area (Å²) in [7, 11) is -3.71. The Bertz CT molecular complexity index is 1010. The largest absolute Gasteiger partial charge is 0.381 e. The molecule has 1 heterocycles.